The predicted octanol–water partition coefficient (Wildman–Crippen LogP) is 2.81. The SMILES string of the molecule is CC(=O)CC[C@H](NC(=O)N[C@@H](CCCCNC(=S)NCCC[n+]1ccc(/C=C/c2ccc(N(C)C)cc2)cc1)C(=O)O)C(=O)O. The van der Waals surface area contributed by atoms with Gasteiger partial charge in [0.1, 0.15) is 24.4 Å². The lowest BCUT2D eigenvalue weighted by molar-refractivity contribution is -0.697. The van der Waals surface area contributed by atoms with Crippen LogP contribution in [0.2, 0.25) is 0 Å². The van der Waals surface area contributed by atoms with Gasteiger partial charge >= 0.3 is 18.0 Å². The molecule has 45 heavy (non-hydrogen) atoms. The molecule has 0 fully saturated rings. The second-order valence-electron chi connectivity index (χ2n) is 10.9. The van der Waals surface area contributed by atoms with Crippen LogP contribution in [0.4, 0.5) is 10.5 Å². The van der Waals surface area contributed by atoms with Crippen molar-refractivity contribution in [3.63, 3.8) is 0 Å². The van der Waals surface area contributed by atoms with Gasteiger partial charge < -0.3 is 41.2 Å². The number of amides is 2. The number of hydrogen-bond acceptors (Lipinski definition) is 6. The van der Waals surface area contributed by atoms with Gasteiger partial charge in [0.2, 0.25) is 0 Å². The number of thiocarbonyl (C=S) groups is 1. The van der Waals surface area contributed by atoms with Crippen molar-refractivity contribution in [3.05, 3.63) is 59.9 Å². The highest BCUT2D eigenvalue weighted by Gasteiger charge is 2.24. The predicted molar refractivity (Wildman–Crippen MR) is 178 cm³/mol. The van der Waals surface area contributed by atoms with E-state index in [1.54, 1.807) is 0 Å². The molecule has 244 valence electrons. The van der Waals surface area contributed by atoms with E-state index in [9.17, 15) is 29.4 Å². The van der Waals surface area contributed by atoms with Crippen LogP contribution >= 0.6 is 12.2 Å². The molecule has 1 aromatic carbocycles. The molecule has 0 saturated carbocycles. The Morgan fingerprint density at radius 1 is 0.822 bits per heavy atom. The van der Waals surface area contributed by atoms with E-state index in [1.165, 1.54) is 12.6 Å². The molecule has 0 saturated heterocycles. The van der Waals surface area contributed by atoms with Crippen LogP contribution in [0.25, 0.3) is 12.2 Å². The smallest absolute Gasteiger partial charge is 0.326 e. The van der Waals surface area contributed by atoms with Crippen LogP contribution < -0.4 is 30.7 Å². The number of carboxylic acids is 2. The summed E-state index contributed by atoms with van der Waals surface area (Å²) < 4.78 is 2.11. The van der Waals surface area contributed by atoms with Gasteiger partial charge in [0.15, 0.2) is 17.5 Å². The maximum atomic E-state index is 12.1. The summed E-state index contributed by atoms with van der Waals surface area (Å²) in [4.78, 5) is 48.2. The Kier molecular flexibility index (Phi) is 16.1. The third-order valence-corrected chi connectivity index (χ3v) is 7.16. The third-order valence-electron chi connectivity index (χ3n) is 6.87. The van der Waals surface area contributed by atoms with Crippen LogP contribution in [0.5, 0.6) is 0 Å². The molecule has 0 aliphatic heterocycles. The number of aromatic nitrogens is 1. The lowest BCUT2D eigenvalue weighted by Gasteiger charge is -2.18. The zero-order chi connectivity index (χ0) is 33.2. The van der Waals surface area contributed by atoms with Gasteiger partial charge in [0, 0.05) is 57.8 Å². The Hall–Kier alpha value is -4.52. The number of aliphatic carboxylic acids is 2. The summed E-state index contributed by atoms with van der Waals surface area (Å²) in [6, 6.07) is 9.16. The molecule has 2 amide bonds. The van der Waals surface area contributed by atoms with Crippen molar-refractivity contribution in [1.82, 2.24) is 21.3 Å². The second-order valence-corrected chi connectivity index (χ2v) is 11.3. The lowest BCUT2D eigenvalue weighted by atomic mass is 10.1. The van der Waals surface area contributed by atoms with Gasteiger partial charge in [-0.25, -0.2) is 19.0 Å². The number of urea groups is 1. The van der Waals surface area contributed by atoms with Crippen molar-refractivity contribution in [2.24, 2.45) is 0 Å². The Balaban J connectivity index is 1.61. The fourth-order valence-corrected chi connectivity index (χ4v) is 4.43. The van der Waals surface area contributed by atoms with Gasteiger partial charge in [-0.05, 0) is 68.1 Å². The summed E-state index contributed by atoms with van der Waals surface area (Å²) in [5.74, 6) is -2.73. The number of anilines is 1. The molecule has 2 atom stereocenters. The van der Waals surface area contributed by atoms with Gasteiger partial charge in [-0.3, -0.25) is 0 Å². The normalized spacial score (nSPS) is 12.2. The van der Waals surface area contributed by atoms with Crippen LogP contribution in [0.15, 0.2) is 48.8 Å². The van der Waals surface area contributed by atoms with E-state index in [0.717, 1.165) is 24.1 Å². The average molecular weight is 642 g/mol. The Bertz CT molecular complexity index is 1300. The Labute approximate surface area is 269 Å². The van der Waals surface area contributed by atoms with Gasteiger partial charge in [-0.2, -0.15) is 0 Å². The van der Waals surface area contributed by atoms with Crippen molar-refractivity contribution < 1.29 is 34.0 Å². The first kappa shape index (κ1) is 36.7. The summed E-state index contributed by atoms with van der Waals surface area (Å²) >= 11 is 5.32. The van der Waals surface area contributed by atoms with Crippen LogP contribution in [-0.2, 0) is 20.9 Å². The molecule has 1 aromatic heterocycles. The van der Waals surface area contributed by atoms with Crippen molar-refractivity contribution in [3.8, 4) is 0 Å². The maximum Gasteiger partial charge on any atom is 0.326 e. The van der Waals surface area contributed by atoms with Crippen LogP contribution in [-0.4, -0.2) is 78.3 Å². The number of carboxylic acid groups (broad SMARTS) is 2. The minimum atomic E-state index is -1.30. The first-order chi connectivity index (χ1) is 21.4. The molecule has 0 bridgehead atoms. The number of aryl methyl sites for hydroxylation is 1. The summed E-state index contributed by atoms with van der Waals surface area (Å²) in [5, 5.41) is 29.9. The molecular formula is C32H45N6O6S+. The number of rotatable bonds is 19. The fourth-order valence-electron chi connectivity index (χ4n) is 4.23. The van der Waals surface area contributed by atoms with Crippen molar-refractivity contribution in [1.29, 1.82) is 0 Å². The van der Waals surface area contributed by atoms with Crippen molar-refractivity contribution >= 4 is 58.9 Å². The summed E-state index contributed by atoms with van der Waals surface area (Å²) in [6.45, 7) is 3.36. The number of benzene rings is 1. The van der Waals surface area contributed by atoms with Crippen LogP contribution in [0.3, 0.4) is 0 Å². The van der Waals surface area contributed by atoms with Gasteiger partial charge in [-0.1, -0.05) is 24.3 Å². The number of pyridine rings is 1. The van der Waals surface area contributed by atoms with Gasteiger partial charge in [0.25, 0.3) is 0 Å². The van der Waals surface area contributed by atoms with E-state index in [0.29, 0.717) is 31.0 Å². The van der Waals surface area contributed by atoms with E-state index in [1.807, 2.05) is 26.5 Å². The molecule has 1 heterocycles. The zero-order valence-electron chi connectivity index (χ0n) is 26.1. The zero-order valence-corrected chi connectivity index (χ0v) is 26.9. The fraction of sp³-hybridized carbons (Fsp3) is 0.438. The number of nitrogens with one attached hydrogen (secondary N) is 4. The average Bonchev–Trinajstić information content (AvgIpc) is 3.00. The number of unbranched alkanes of at least 4 members (excludes halogenated alkanes) is 1. The molecule has 0 spiro atoms. The maximum absolute atomic E-state index is 12.1. The molecule has 0 aliphatic rings. The van der Waals surface area contributed by atoms with Crippen molar-refractivity contribution in [2.45, 2.75) is 64.1 Å². The lowest BCUT2D eigenvalue weighted by Crippen LogP contribution is -2.51. The first-order valence-corrected chi connectivity index (χ1v) is 15.3. The van der Waals surface area contributed by atoms with Crippen LogP contribution in [0.1, 0.15) is 56.6 Å². The highest BCUT2D eigenvalue weighted by atomic mass is 32.1. The number of carbonyl (C=O) groups excluding carboxylic acids is 2. The summed E-state index contributed by atoms with van der Waals surface area (Å²) in [5.41, 5.74) is 3.43. The Morgan fingerprint density at radius 2 is 1.36 bits per heavy atom. The standard InChI is InChI=1S/C32H44N6O6S/c1-23(39)8-15-28(30(42)43)36-31(44)35-27(29(40)41)7-4-5-18-33-32(45)34-19-6-20-38-21-16-25(17-22-38)10-9-24-11-13-26(14-12-24)37(2)3/h9-14,16-17,21-22,27-28H,4-8,15,18-20H2,1-3H3,(H5-,33,34,35,36,40,41,42,43,44,45)/p+1/t27-,28-/m0/s1. The summed E-state index contributed by atoms with van der Waals surface area (Å²) in [6.07, 6.45) is 10.3. The second kappa shape index (κ2) is 19.7. The van der Waals surface area contributed by atoms with E-state index in [4.69, 9.17) is 12.2 Å². The molecular weight excluding hydrogens is 596 g/mol. The first-order valence-electron chi connectivity index (χ1n) is 14.9. The molecule has 0 aliphatic carbocycles. The van der Waals surface area contributed by atoms with Crippen molar-refractivity contribution in [2.75, 3.05) is 32.1 Å². The molecule has 2 rings (SSSR count). The van der Waals surface area contributed by atoms with E-state index in [-0.39, 0.29) is 25.0 Å². The topological polar surface area (TPSA) is 164 Å². The number of ketones is 1. The van der Waals surface area contributed by atoms with E-state index < -0.39 is 30.1 Å². The Morgan fingerprint density at radius 3 is 1.89 bits per heavy atom. The molecule has 6 N–H and O–H groups in total. The van der Waals surface area contributed by atoms with Gasteiger partial charge in [-0.15, -0.1) is 0 Å². The molecule has 2 aromatic rings. The number of nitrogens with zero attached hydrogens (tertiary/aromatic N) is 2. The third kappa shape index (κ3) is 15.2. The molecule has 0 unspecified atom stereocenters. The number of carbonyl (C=O) groups is 4. The quantitative estimate of drug-likeness (QED) is 0.0764. The highest BCUT2D eigenvalue weighted by Crippen LogP contribution is 2.14. The highest BCUT2D eigenvalue weighted by molar-refractivity contribution is 7.80. The minimum Gasteiger partial charge on any atom is -0.480 e. The monoisotopic (exact) mass is 641 g/mol. The largest absolute Gasteiger partial charge is 0.480 e. The molecule has 0 radical (unpaired) electrons. The molecule has 13 heteroatoms. The van der Waals surface area contributed by atoms with Gasteiger partial charge in [0.05, 0.1) is 0 Å². The van der Waals surface area contributed by atoms with E-state index >= 15 is 0 Å². The number of Topliss-reactive ketones (excluding diaryl/α,β-unsaturated/α-hetero) is 1. The molecule has 12 nitrogen and oxygen atoms in total. The minimum absolute atomic E-state index is 0.0113. The summed E-state index contributed by atoms with van der Waals surface area (Å²) in [7, 11) is 4.04. The number of hydrogen-bond donors (Lipinski definition) is 6. The van der Waals surface area contributed by atoms with E-state index in [2.05, 4.69) is 79.3 Å². The van der Waals surface area contributed by atoms with Crippen LogP contribution in [0, 0.1) is 0 Å².